The maximum Gasteiger partial charge on any atom is 0.226 e. The molecule has 1 aliphatic carbocycles. The van der Waals surface area contributed by atoms with Crippen LogP contribution in [-0.2, 0) is 4.79 Å². The molecule has 15 heavy (non-hydrogen) atoms. The van der Waals surface area contributed by atoms with E-state index in [1.807, 2.05) is 11.9 Å². The molecule has 1 atom stereocenters. The molecular formula is C12H22N2O. The molecule has 0 radical (unpaired) electrons. The predicted octanol–water partition coefficient (Wildman–Crippen LogP) is 1.24. The molecular weight excluding hydrogens is 188 g/mol. The van der Waals surface area contributed by atoms with E-state index >= 15 is 0 Å². The van der Waals surface area contributed by atoms with Crippen molar-refractivity contribution >= 4 is 5.91 Å². The Balaban J connectivity index is 1.71. The van der Waals surface area contributed by atoms with Crippen molar-refractivity contribution in [1.82, 2.24) is 10.2 Å². The summed E-state index contributed by atoms with van der Waals surface area (Å²) in [6.45, 7) is 2.92. The first-order chi connectivity index (χ1) is 7.27. The highest BCUT2D eigenvalue weighted by Gasteiger charge is 2.26. The van der Waals surface area contributed by atoms with Crippen LogP contribution in [0.4, 0.5) is 0 Å². The minimum atomic E-state index is 0.239. The number of carbonyl (C=O) groups is 1. The smallest absolute Gasteiger partial charge is 0.226 e. The Morgan fingerprint density at radius 3 is 2.80 bits per heavy atom. The van der Waals surface area contributed by atoms with Gasteiger partial charge in [-0.2, -0.15) is 0 Å². The maximum atomic E-state index is 12.0. The van der Waals surface area contributed by atoms with Crippen LogP contribution in [0.15, 0.2) is 0 Å². The first kappa shape index (κ1) is 10.9. The molecule has 1 aliphatic heterocycles. The molecule has 2 aliphatic rings. The lowest BCUT2D eigenvalue weighted by Crippen LogP contribution is -2.41. The van der Waals surface area contributed by atoms with Gasteiger partial charge in [-0.3, -0.25) is 4.79 Å². The van der Waals surface area contributed by atoms with Crippen molar-refractivity contribution in [2.24, 2.45) is 11.8 Å². The summed E-state index contributed by atoms with van der Waals surface area (Å²) in [5.41, 5.74) is 0. The Hall–Kier alpha value is -0.570. The average molecular weight is 210 g/mol. The highest BCUT2D eigenvalue weighted by atomic mass is 16.2. The van der Waals surface area contributed by atoms with Gasteiger partial charge in [0.25, 0.3) is 0 Å². The lowest BCUT2D eigenvalue weighted by atomic mass is 9.98. The van der Waals surface area contributed by atoms with E-state index in [0.29, 0.717) is 5.91 Å². The molecule has 0 aromatic carbocycles. The van der Waals surface area contributed by atoms with E-state index < -0.39 is 0 Å². The Labute approximate surface area is 92.2 Å². The normalized spacial score (nSPS) is 26.3. The number of nitrogens with zero attached hydrogens (tertiary/aromatic N) is 1. The average Bonchev–Trinajstić information content (AvgIpc) is 3.10. The Bertz CT molecular complexity index is 220. The number of nitrogens with one attached hydrogen (secondary N) is 1. The Kier molecular flexibility index (Phi) is 3.62. The fourth-order valence-corrected chi connectivity index (χ4v) is 2.27. The van der Waals surface area contributed by atoms with Crippen molar-refractivity contribution < 1.29 is 4.79 Å². The molecule has 0 spiro atoms. The van der Waals surface area contributed by atoms with Gasteiger partial charge in [0.05, 0.1) is 5.92 Å². The molecule has 3 heteroatoms. The lowest BCUT2D eigenvalue weighted by Gasteiger charge is -2.27. The van der Waals surface area contributed by atoms with Crippen LogP contribution in [0.5, 0.6) is 0 Å². The molecule has 0 bridgehead atoms. The molecule has 0 unspecified atom stereocenters. The van der Waals surface area contributed by atoms with E-state index in [9.17, 15) is 4.79 Å². The lowest BCUT2D eigenvalue weighted by molar-refractivity contribution is -0.134. The van der Waals surface area contributed by atoms with E-state index in [4.69, 9.17) is 0 Å². The number of carbonyl (C=O) groups excluding carboxylic acids is 1. The summed E-state index contributed by atoms with van der Waals surface area (Å²) in [5, 5.41) is 3.30. The van der Waals surface area contributed by atoms with Gasteiger partial charge in [-0.1, -0.05) is 12.8 Å². The largest absolute Gasteiger partial charge is 0.345 e. The zero-order valence-corrected chi connectivity index (χ0v) is 9.67. The van der Waals surface area contributed by atoms with Gasteiger partial charge >= 0.3 is 0 Å². The summed E-state index contributed by atoms with van der Waals surface area (Å²) in [6, 6.07) is 0. The van der Waals surface area contributed by atoms with Gasteiger partial charge in [-0.05, 0) is 31.7 Å². The third kappa shape index (κ3) is 3.20. The van der Waals surface area contributed by atoms with Crippen LogP contribution in [0.25, 0.3) is 0 Å². The van der Waals surface area contributed by atoms with Crippen molar-refractivity contribution in [3.63, 3.8) is 0 Å². The van der Waals surface area contributed by atoms with E-state index in [0.717, 1.165) is 38.4 Å². The molecule has 0 aromatic heterocycles. The van der Waals surface area contributed by atoms with Gasteiger partial charge in [0.1, 0.15) is 0 Å². The van der Waals surface area contributed by atoms with E-state index in [2.05, 4.69) is 5.32 Å². The van der Waals surface area contributed by atoms with Crippen molar-refractivity contribution in [3.05, 3.63) is 0 Å². The zero-order valence-electron chi connectivity index (χ0n) is 9.67. The van der Waals surface area contributed by atoms with E-state index in [1.54, 1.807) is 0 Å². The van der Waals surface area contributed by atoms with Crippen LogP contribution >= 0.6 is 0 Å². The van der Waals surface area contributed by atoms with E-state index in [-0.39, 0.29) is 5.92 Å². The van der Waals surface area contributed by atoms with Crippen molar-refractivity contribution in [2.75, 3.05) is 26.7 Å². The molecule has 1 heterocycles. The molecule has 2 rings (SSSR count). The summed E-state index contributed by atoms with van der Waals surface area (Å²) in [4.78, 5) is 14.0. The minimum absolute atomic E-state index is 0.239. The molecule has 86 valence electrons. The van der Waals surface area contributed by atoms with Crippen molar-refractivity contribution in [3.8, 4) is 0 Å². The minimum Gasteiger partial charge on any atom is -0.345 e. The number of hydrogen-bond acceptors (Lipinski definition) is 2. The van der Waals surface area contributed by atoms with Crippen LogP contribution < -0.4 is 5.32 Å². The third-order valence-corrected chi connectivity index (χ3v) is 3.59. The Morgan fingerprint density at radius 1 is 1.40 bits per heavy atom. The first-order valence-corrected chi connectivity index (χ1v) is 6.23. The number of amides is 1. The molecule has 1 amide bonds. The van der Waals surface area contributed by atoms with Gasteiger partial charge < -0.3 is 10.2 Å². The summed E-state index contributed by atoms with van der Waals surface area (Å²) >= 11 is 0. The van der Waals surface area contributed by atoms with Gasteiger partial charge in [0.2, 0.25) is 5.91 Å². The second kappa shape index (κ2) is 4.97. The zero-order chi connectivity index (χ0) is 10.7. The SMILES string of the molecule is CN(CCC1CC1)C(=O)[C@@H]1CCCNC1. The second-order valence-corrected chi connectivity index (χ2v) is 5.04. The molecule has 0 aromatic rings. The van der Waals surface area contributed by atoms with Crippen LogP contribution in [0.2, 0.25) is 0 Å². The number of rotatable bonds is 4. The van der Waals surface area contributed by atoms with Crippen molar-refractivity contribution in [1.29, 1.82) is 0 Å². The van der Waals surface area contributed by atoms with Gasteiger partial charge in [-0.15, -0.1) is 0 Å². The summed E-state index contributed by atoms with van der Waals surface area (Å²) in [7, 11) is 1.96. The van der Waals surface area contributed by atoms with Gasteiger partial charge in [0.15, 0.2) is 0 Å². The van der Waals surface area contributed by atoms with Crippen LogP contribution in [-0.4, -0.2) is 37.5 Å². The maximum absolute atomic E-state index is 12.0. The standard InChI is InChI=1S/C12H22N2O/c1-14(8-6-10-4-5-10)12(15)11-3-2-7-13-9-11/h10-11,13H,2-9H2,1H3/t11-/m1/s1. The highest BCUT2D eigenvalue weighted by Crippen LogP contribution is 2.32. The fraction of sp³-hybridized carbons (Fsp3) is 0.917. The second-order valence-electron chi connectivity index (χ2n) is 5.04. The van der Waals surface area contributed by atoms with Gasteiger partial charge in [-0.25, -0.2) is 0 Å². The molecule has 1 saturated heterocycles. The first-order valence-electron chi connectivity index (χ1n) is 6.23. The van der Waals surface area contributed by atoms with Crippen LogP contribution in [0, 0.1) is 11.8 Å². The van der Waals surface area contributed by atoms with Crippen molar-refractivity contribution in [2.45, 2.75) is 32.1 Å². The van der Waals surface area contributed by atoms with Gasteiger partial charge in [0, 0.05) is 20.1 Å². The van der Waals surface area contributed by atoms with Crippen LogP contribution in [0.1, 0.15) is 32.1 Å². The molecule has 1 N–H and O–H groups in total. The van der Waals surface area contributed by atoms with Crippen LogP contribution in [0.3, 0.4) is 0 Å². The fourth-order valence-electron chi connectivity index (χ4n) is 2.27. The highest BCUT2D eigenvalue weighted by molar-refractivity contribution is 5.78. The summed E-state index contributed by atoms with van der Waals surface area (Å²) in [5.74, 6) is 1.51. The number of hydrogen-bond donors (Lipinski definition) is 1. The Morgan fingerprint density at radius 2 is 2.20 bits per heavy atom. The quantitative estimate of drug-likeness (QED) is 0.757. The molecule has 1 saturated carbocycles. The topological polar surface area (TPSA) is 32.3 Å². The van der Waals surface area contributed by atoms with E-state index in [1.165, 1.54) is 19.3 Å². The molecule has 2 fully saturated rings. The monoisotopic (exact) mass is 210 g/mol. The summed E-state index contributed by atoms with van der Waals surface area (Å²) in [6.07, 6.45) is 6.19. The predicted molar refractivity (Wildman–Crippen MR) is 60.6 cm³/mol. The summed E-state index contributed by atoms with van der Waals surface area (Å²) < 4.78 is 0. The molecule has 3 nitrogen and oxygen atoms in total. The number of piperidine rings is 1. The third-order valence-electron chi connectivity index (χ3n) is 3.59.